The highest BCUT2D eigenvalue weighted by atomic mass is 19.1. The molecule has 0 saturated carbocycles. The van der Waals surface area contributed by atoms with Gasteiger partial charge in [-0.2, -0.15) is 0 Å². The molecule has 1 atom stereocenters. The molecule has 2 aliphatic rings. The first-order chi connectivity index (χ1) is 12.1. The third-order valence-corrected chi connectivity index (χ3v) is 4.62. The van der Waals surface area contributed by atoms with Crippen LogP contribution in [0, 0.1) is 5.82 Å². The van der Waals surface area contributed by atoms with Crippen LogP contribution in [-0.2, 0) is 20.9 Å². The standard InChI is InChI=1S/C19H17FN2O3/c20-13-5-6-14-15(10-18(23)21-16(14)9-13)19(24)22-7-8-25-11-12-3-1-2-4-17(12)22/h1-6,9,15H,7-8,10-11H2,(H,21,23). The molecule has 25 heavy (non-hydrogen) atoms. The van der Waals surface area contributed by atoms with Gasteiger partial charge in [-0.1, -0.05) is 24.3 Å². The Labute approximate surface area is 144 Å². The van der Waals surface area contributed by atoms with Crippen LogP contribution in [0.3, 0.4) is 0 Å². The third-order valence-electron chi connectivity index (χ3n) is 4.62. The normalized spacial score (nSPS) is 19.5. The van der Waals surface area contributed by atoms with Crippen molar-refractivity contribution in [2.24, 2.45) is 0 Å². The van der Waals surface area contributed by atoms with Gasteiger partial charge in [-0.25, -0.2) is 4.39 Å². The number of halogens is 1. The molecule has 2 amide bonds. The molecular weight excluding hydrogens is 323 g/mol. The molecule has 6 heteroatoms. The smallest absolute Gasteiger partial charge is 0.235 e. The highest BCUT2D eigenvalue weighted by Crippen LogP contribution is 2.36. The van der Waals surface area contributed by atoms with Gasteiger partial charge in [0, 0.05) is 29.9 Å². The number of benzene rings is 2. The largest absolute Gasteiger partial charge is 0.375 e. The van der Waals surface area contributed by atoms with E-state index in [0.29, 0.717) is 31.0 Å². The van der Waals surface area contributed by atoms with E-state index in [2.05, 4.69) is 5.32 Å². The van der Waals surface area contributed by atoms with E-state index in [-0.39, 0.29) is 18.2 Å². The fourth-order valence-electron chi connectivity index (χ4n) is 3.43. The predicted molar refractivity (Wildman–Crippen MR) is 90.8 cm³/mol. The van der Waals surface area contributed by atoms with Crippen LogP contribution in [0.2, 0.25) is 0 Å². The Morgan fingerprint density at radius 1 is 1.24 bits per heavy atom. The summed E-state index contributed by atoms with van der Waals surface area (Å²) in [4.78, 5) is 27.0. The number of nitrogens with zero attached hydrogens (tertiary/aromatic N) is 1. The van der Waals surface area contributed by atoms with Crippen LogP contribution < -0.4 is 10.2 Å². The molecule has 2 aromatic carbocycles. The minimum Gasteiger partial charge on any atom is -0.375 e. The number of anilines is 2. The molecule has 0 spiro atoms. The van der Waals surface area contributed by atoms with Crippen molar-refractivity contribution in [2.45, 2.75) is 18.9 Å². The molecule has 0 saturated heterocycles. The topological polar surface area (TPSA) is 58.6 Å². The zero-order chi connectivity index (χ0) is 17.4. The minimum absolute atomic E-state index is 0.0526. The quantitative estimate of drug-likeness (QED) is 0.868. The molecule has 2 aliphatic heterocycles. The molecule has 0 aromatic heterocycles. The molecule has 0 aliphatic carbocycles. The van der Waals surface area contributed by atoms with E-state index < -0.39 is 11.7 Å². The van der Waals surface area contributed by atoms with Crippen LogP contribution in [0.15, 0.2) is 42.5 Å². The average molecular weight is 340 g/mol. The fraction of sp³-hybridized carbons (Fsp3) is 0.263. The lowest BCUT2D eigenvalue weighted by Crippen LogP contribution is -2.40. The van der Waals surface area contributed by atoms with Gasteiger partial charge in [0.05, 0.1) is 19.1 Å². The predicted octanol–water partition coefficient (Wildman–Crippen LogP) is 2.81. The minimum atomic E-state index is -0.629. The number of hydrogen-bond acceptors (Lipinski definition) is 3. The lowest BCUT2D eigenvalue weighted by atomic mass is 9.89. The first-order valence-electron chi connectivity index (χ1n) is 8.20. The van der Waals surface area contributed by atoms with Crippen LogP contribution in [-0.4, -0.2) is 25.0 Å². The zero-order valence-corrected chi connectivity index (χ0v) is 13.5. The summed E-state index contributed by atoms with van der Waals surface area (Å²) in [6.07, 6.45) is 0.0526. The summed E-state index contributed by atoms with van der Waals surface area (Å²) in [5.41, 5.74) is 2.76. The van der Waals surface area contributed by atoms with Crippen molar-refractivity contribution in [1.29, 1.82) is 0 Å². The van der Waals surface area contributed by atoms with E-state index in [0.717, 1.165) is 11.3 Å². The van der Waals surface area contributed by atoms with Gasteiger partial charge < -0.3 is 15.0 Å². The van der Waals surface area contributed by atoms with Gasteiger partial charge in [-0.3, -0.25) is 9.59 Å². The number of amides is 2. The molecule has 0 bridgehead atoms. The van der Waals surface area contributed by atoms with Crippen LogP contribution in [0.1, 0.15) is 23.5 Å². The van der Waals surface area contributed by atoms with Crippen molar-refractivity contribution in [3.05, 3.63) is 59.4 Å². The van der Waals surface area contributed by atoms with Gasteiger partial charge >= 0.3 is 0 Å². The maximum atomic E-state index is 13.5. The highest BCUT2D eigenvalue weighted by Gasteiger charge is 2.35. The van der Waals surface area contributed by atoms with Crippen molar-refractivity contribution in [1.82, 2.24) is 0 Å². The molecule has 128 valence electrons. The summed E-state index contributed by atoms with van der Waals surface area (Å²) in [6, 6.07) is 11.7. The van der Waals surface area contributed by atoms with E-state index in [1.54, 1.807) is 11.0 Å². The number of fused-ring (bicyclic) bond motifs is 2. The lowest BCUT2D eigenvalue weighted by molar-refractivity contribution is -0.124. The molecule has 0 radical (unpaired) electrons. The number of hydrogen-bond donors (Lipinski definition) is 1. The number of ether oxygens (including phenoxy) is 1. The maximum Gasteiger partial charge on any atom is 0.235 e. The van der Waals surface area contributed by atoms with Crippen LogP contribution >= 0.6 is 0 Å². The summed E-state index contributed by atoms with van der Waals surface area (Å²) in [5.74, 6) is -1.52. The van der Waals surface area contributed by atoms with Crippen molar-refractivity contribution in [3.63, 3.8) is 0 Å². The molecule has 2 heterocycles. The van der Waals surface area contributed by atoms with Crippen molar-refractivity contribution in [3.8, 4) is 0 Å². The van der Waals surface area contributed by atoms with E-state index in [1.807, 2.05) is 24.3 Å². The van der Waals surface area contributed by atoms with Gasteiger partial charge in [0.25, 0.3) is 0 Å². The second-order valence-electron chi connectivity index (χ2n) is 6.21. The second kappa shape index (κ2) is 6.29. The van der Waals surface area contributed by atoms with Gasteiger partial charge in [-0.05, 0) is 23.8 Å². The van der Waals surface area contributed by atoms with Gasteiger partial charge in [0.15, 0.2) is 0 Å². The molecule has 1 N–H and O–H groups in total. The molecule has 5 nitrogen and oxygen atoms in total. The summed E-state index contributed by atoms with van der Waals surface area (Å²) in [7, 11) is 0. The average Bonchev–Trinajstić information content (AvgIpc) is 2.82. The number of para-hydroxylation sites is 1. The van der Waals surface area contributed by atoms with Gasteiger partial charge in [0.2, 0.25) is 11.8 Å². The first kappa shape index (κ1) is 15.8. The zero-order valence-electron chi connectivity index (χ0n) is 13.5. The van der Waals surface area contributed by atoms with Gasteiger partial charge in [-0.15, -0.1) is 0 Å². The maximum absolute atomic E-state index is 13.5. The Kier molecular flexibility index (Phi) is 3.97. The molecule has 1 unspecified atom stereocenters. The number of rotatable bonds is 1. The van der Waals surface area contributed by atoms with Crippen molar-refractivity contribution >= 4 is 23.2 Å². The van der Waals surface area contributed by atoms with E-state index >= 15 is 0 Å². The molecule has 2 aromatic rings. The van der Waals surface area contributed by atoms with Crippen molar-refractivity contribution in [2.75, 3.05) is 23.4 Å². The van der Waals surface area contributed by atoms with Crippen LogP contribution in [0.4, 0.5) is 15.8 Å². The monoisotopic (exact) mass is 340 g/mol. The highest BCUT2D eigenvalue weighted by molar-refractivity contribution is 6.06. The van der Waals surface area contributed by atoms with Crippen LogP contribution in [0.5, 0.6) is 0 Å². The Balaban J connectivity index is 1.73. The number of carbonyl (C=O) groups excluding carboxylic acids is 2. The van der Waals surface area contributed by atoms with E-state index in [4.69, 9.17) is 4.74 Å². The Hall–Kier alpha value is -2.73. The second-order valence-corrected chi connectivity index (χ2v) is 6.21. The van der Waals surface area contributed by atoms with Gasteiger partial charge in [0.1, 0.15) is 5.82 Å². The SMILES string of the molecule is O=C1CC(C(=O)N2CCOCc3ccccc32)c2ccc(F)cc2N1. The molecule has 0 fully saturated rings. The van der Waals surface area contributed by atoms with Crippen LogP contribution in [0.25, 0.3) is 0 Å². The summed E-state index contributed by atoms with van der Waals surface area (Å²) < 4.78 is 19.1. The number of nitrogens with one attached hydrogen (secondary N) is 1. The summed E-state index contributed by atoms with van der Waals surface area (Å²) >= 11 is 0. The first-order valence-corrected chi connectivity index (χ1v) is 8.20. The number of carbonyl (C=O) groups is 2. The van der Waals surface area contributed by atoms with E-state index in [9.17, 15) is 14.0 Å². The Morgan fingerprint density at radius 3 is 2.96 bits per heavy atom. The summed E-state index contributed by atoms with van der Waals surface area (Å²) in [6.45, 7) is 1.30. The fourth-order valence-corrected chi connectivity index (χ4v) is 3.43. The Bertz CT molecular complexity index is 852. The van der Waals surface area contributed by atoms with E-state index in [1.165, 1.54) is 12.1 Å². The molecular formula is C19H17FN2O3. The Morgan fingerprint density at radius 2 is 2.08 bits per heavy atom. The lowest BCUT2D eigenvalue weighted by Gasteiger charge is -2.30. The summed E-state index contributed by atoms with van der Waals surface area (Å²) in [5, 5.41) is 2.65. The molecule has 4 rings (SSSR count). The third kappa shape index (κ3) is 2.89. The van der Waals surface area contributed by atoms with Crippen molar-refractivity contribution < 1.29 is 18.7 Å².